The summed E-state index contributed by atoms with van der Waals surface area (Å²) in [6.45, 7) is 2.28. The average Bonchev–Trinajstić information content (AvgIpc) is 2.99. The van der Waals surface area contributed by atoms with E-state index in [0.717, 1.165) is 6.42 Å². The predicted octanol–water partition coefficient (Wildman–Crippen LogP) is 1.99. The molecule has 1 saturated heterocycles. The molecule has 28 heavy (non-hydrogen) atoms. The van der Waals surface area contributed by atoms with Gasteiger partial charge >= 0.3 is 0 Å². The van der Waals surface area contributed by atoms with Crippen molar-refractivity contribution in [3.63, 3.8) is 0 Å². The van der Waals surface area contributed by atoms with E-state index in [-0.39, 0.29) is 23.9 Å². The minimum Gasteiger partial charge on any atom is -0.490 e. The van der Waals surface area contributed by atoms with Crippen LogP contribution in [0, 0.1) is 0 Å². The smallest absolute Gasteiger partial charge is 0.253 e. The Labute approximate surface area is 164 Å². The van der Waals surface area contributed by atoms with E-state index in [4.69, 9.17) is 9.47 Å². The van der Waals surface area contributed by atoms with Gasteiger partial charge in [-0.1, -0.05) is 18.2 Å². The molecule has 0 atom stereocenters. The van der Waals surface area contributed by atoms with E-state index in [1.807, 2.05) is 18.2 Å². The van der Waals surface area contributed by atoms with E-state index in [1.165, 1.54) is 10.4 Å². The van der Waals surface area contributed by atoms with E-state index >= 15 is 0 Å². The molecule has 0 spiro atoms. The maximum Gasteiger partial charge on any atom is 0.253 e. The summed E-state index contributed by atoms with van der Waals surface area (Å²) in [5.74, 6) is 0.944. The Morgan fingerprint density at radius 2 is 1.54 bits per heavy atom. The molecule has 1 amide bonds. The first-order valence-corrected chi connectivity index (χ1v) is 10.7. The first-order chi connectivity index (χ1) is 13.6. The van der Waals surface area contributed by atoms with Crippen molar-refractivity contribution in [1.29, 1.82) is 0 Å². The molecule has 4 rings (SSSR count). The number of amides is 1. The number of piperazine rings is 1. The summed E-state index contributed by atoms with van der Waals surface area (Å²) in [7, 11) is -3.66. The fourth-order valence-corrected chi connectivity index (χ4v) is 4.79. The largest absolute Gasteiger partial charge is 0.490 e. The van der Waals surface area contributed by atoms with Crippen molar-refractivity contribution in [1.82, 2.24) is 9.21 Å². The number of sulfonamides is 1. The third-order valence-corrected chi connectivity index (χ3v) is 6.80. The minimum atomic E-state index is -3.66. The molecular formula is C20H22N2O5S. The minimum absolute atomic E-state index is 0.0757. The van der Waals surface area contributed by atoms with Crippen LogP contribution in [0.15, 0.2) is 53.4 Å². The van der Waals surface area contributed by atoms with Crippen LogP contribution in [0.4, 0.5) is 0 Å². The van der Waals surface area contributed by atoms with Crippen LogP contribution in [0.2, 0.25) is 0 Å². The highest BCUT2D eigenvalue weighted by molar-refractivity contribution is 7.89. The number of carbonyl (C=O) groups excluding carboxylic acids is 1. The molecule has 0 saturated carbocycles. The van der Waals surface area contributed by atoms with Crippen molar-refractivity contribution in [3.8, 4) is 11.5 Å². The molecule has 0 bridgehead atoms. The van der Waals surface area contributed by atoms with Crippen molar-refractivity contribution in [3.05, 3.63) is 54.1 Å². The number of fused-ring (bicyclic) bond motifs is 1. The summed E-state index contributed by atoms with van der Waals surface area (Å²) < 4.78 is 38.7. The molecule has 2 aromatic rings. The lowest BCUT2D eigenvalue weighted by Gasteiger charge is -2.34. The maximum atomic E-state index is 13.0. The molecule has 2 heterocycles. The monoisotopic (exact) mass is 402 g/mol. The van der Waals surface area contributed by atoms with Crippen molar-refractivity contribution >= 4 is 15.9 Å². The van der Waals surface area contributed by atoms with Crippen LogP contribution in [-0.4, -0.2) is 62.9 Å². The summed E-state index contributed by atoms with van der Waals surface area (Å²) in [6.07, 6.45) is 0.758. The summed E-state index contributed by atoms with van der Waals surface area (Å²) >= 11 is 0. The Morgan fingerprint density at radius 1 is 0.857 bits per heavy atom. The second-order valence-corrected chi connectivity index (χ2v) is 8.66. The highest BCUT2D eigenvalue weighted by Gasteiger charge is 2.31. The van der Waals surface area contributed by atoms with Gasteiger partial charge in [-0.25, -0.2) is 8.42 Å². The van der Waals surface area contributed by atoms with Gasteiger partial charge in [0.2, 0.25) is 10.0 Å². The Balaban J connectivity index is 1.47. The molecule has 8 heteroatoms. The Kier molecular flexibility index (Phi) is 5.23. The van der Waals surface area contributed by atoms with Gasteiger partial charge in [-0.3, -0.25) is 4.79 Å². The van der Waals surface area contributed by atoms with Crippen molar-refractivity contribution < 1.29 is 22.7 Å². The Hall–Kier alpha value is -2.58. The van der Waals surface area contributed by atoms with Crippen LogP contribution in [-0.2, 0) is 10.0 Å². The van der Waals surface area contributed by atoms with Gasteiger partial charge in [-0.2, -0.15) is 4.31 Å². The molecule has 0 N–H and O–H groups in total. The van der Waals surface area contributed by atoms with Crippen LogP contribution >= 0.6 is 0 Å². The molecule has 1 fully saturated rings. The van der Waals surface area contributed by atoms with E-state index in [2.05, 4.69) is 0 Å². The van der Waals surface area contributed by atoms with Gasteiger partial charge in [0.1, 0.15) is 0 Å². The Morgan fingerprint density at radius 3 is 2.25 bits per heavy atom. The van der Waals surface area contributed by atoms with Crippen LogP contribution in [0.5, 0.6) is 11.5 Å². The van der Waals surface area contributed by atoms with Gasteiger partial charge in [0.05, 0.1) is 18.1 Å². The van der Waals surface area contributed by atoms with Crippen LogP contribution in [0.3, 0.4) is 0 Å². The third kappa shape index (κ3) is 3.70. The number of hydrogen-bond acceptors (Lipinski definition) is 5. The quantitative estimate of drug-likeness (QED) is 0.785. The lowest BCUT2D eigenvalue weighted by Crippen LogP contribution is -2.50. The zero-order valence-corrected chi connectivity index (χ0v) is 16.2. The standard InChI is InChI=1S/C20H22N2O5S/c23-20(16-5-2-1-3-6-16)21-9-11-22(12-10-21)28(24,25)17-7-8-18-19(15-17)27-14-4-13-26-18/h1-3,5-8,15H,4,9-14H2. The lowest BCUT2D eigenvalue weighted by atomic mass is 10.2. The van der Waals surface area contributed by atoms with Gasteiger partial charge in [0.25, 0.3) is 5.91 Å². The van der Waals surface area contributed by atoms with Crippen LogP contribution in [0.25, 0.3) is 0 Å². The summed E-state index contributed by atoms with van der Waals surface area (Å²) in [6, 6.07) is 13.7. The van der Waals surface area contributed by atoms with Gasteiger partial charge in [-0.15, -0.1) is 0 Å². The van der Waals surface area contributed by atoms with E-state index < -0.39 is 10.0 Å². The fraction of sp³-hybridized carbons (Fsp3) is 0.350. The van der Waals surface area contributed by atoms with Gasteiger partial charge < -0.3 is 14.4 Å². The number of ether oxygens (including phenoxy) is 2. The SMILES string of the molecule is O=C(c1ccccc1)N1CCN(S(=O)(=O)c2ccc3c(c2)OCCCO3)CC1. The Bertz CT molecular complexity index is 954. The van der Waals surface area contributed by atoms with E-state index in [1.54, 1.807) is 29.2 Å². The van der Waals surface area contributed by atoms with Crippen molar-refractivity contribution in [2.24, 2.45) is 0 Å². The molecule has 0 aliphatic carbocycles. The molecular weight excluding hydrogens is 380 g/mol. The normalized spacial score (nSPS) is 17.8. The van der Waals surface area contributed by atoms with Gasteiger partial charge in [0, 0.05) is 44.2 Å². The average molecular weight is 402 g/mol. The van der Waals surface area contributed by atoms with Crippen LogP contribution in [0.1, 0.15) is 16.8 Å². The number of benzene rings is 2. The molecule has 148 valence electrons. The lowest BCUT2D eigenvalue weighted by molar-refractivity contribution is 0.0698. The van der Waals surface area contributed by atoms with Crippen LogP contribution < -0.4 is 9.47 Å². The zero-order chi connectivity index (χ0) is 19.6. The van der Waals surface area contributed by atoms with Gasteiger partial charge in [0.15, 0.2) is 11.5 Å². The highest BCUT2D eigenvalue weighted by Crippen LogP contribution is 2.33. The molecule has 0 unspecified atom stereocenters. The van der Waals surface area contributed by atoms with Crippen molar-refractivity contribution in [2.75, 3.05) is 39.4 Å². The first kappa shape index (κ1) is 18.8. The molecule has 2 aliphatic rings. The van der Waals surface area contributed by atoms with Crippen molar-refractivity contribution in [2.45, 2.75) is 11.3 Å². The predicted molar refractivity (Wildman–Crippen MR) is 103 cm³/mol. The summed E-state index contributed by atoms with van der Waals surface area (Å²) in [4.78, 5) is 14.4. The maximum absolute atomic E-state index is 13.0. The third-order valence-electron chi connectivity index (χ3n) is 4.90. The first-order valence-electron chi connectivity index (χ1n) is 9.30. The molecule has 0 aromatic heterocycles. The summed E-state index contributed by atoms with van der Waals surface area (Å²) in [5, 5.41) is 0. The number of nitrogens with zero attached hydrogens (tertiary/aromatic N) is 2. The molecule has 2 aromatic carbocycles. The highest BCUT2D eigenvalue weighted by atomic mass is 32.2. The molecule has 0 radical (unpaired) electrons. The molecule has 7 nitrogen and oxygen atoms in total. The van der Waals surface area contributed by atoms with E-state index in [9.17, 15) is 13.2 Å². The number of carbonyl (C=O) groups is 1. The number of rotatable bonds is 3. The summed E-state index contributed by atoms with van der Waals surface area (Å²) in [5.41, 5.74) is 0.613. The molecule has 2 aliphatic heterocycles. The second kappa shape index (κ2) is 7.81. The van der Waals surface area contributed by atoms with E-state index in [0.29, 0.717) is 43.4 Å². The van der Waals surface area contributed by atoms with Gasteiger partial charge in [-0.05, 0) is 24.3 Å². The fourth-order valence-electron chi connectivity index (χ4n) is 3.35. The topological polar surface area (TPSA) is 76.2 Å². The second-order valence-electron chi connectivity index (χ2n) is 6.72. The zero-order valence-electron chi connectivity index (χ0n) is 15.4. The number of hydrogen-bond donors (Lipinski definition) is 0.